The topological polar surface area (TPSA) is 48.7 Å². The van der Waals surface area contributed by atoms with Crippen molar-refractivity contribution in [1.29, 1.82) is 0 Å². The van der Waals surface area contributed by atoms with Crippen LogP contribution < -0.4 is 0 Å². The highest BCUT2D eigenvalue weighted by Gasteiger charge is 2.25. The van der Waals surface area contributed by atoms with Crippen molar-refractivity contribution in [2.45, 2.75) is 26.0 Å². The Bertz CT molecular complexity index is 679. The number of carbonyl (C=O) groups is 1. The molecular formula is C20H27N3O2. The maximum Gasteiger partial charge on any atom is 0.253 e. The molecule has 1 aliphatic rings. The van der Waals surface area contributed by atoms with Crippen molar-refractivity contribution in [3.63, 3.8) is 0 Å². The number of benzene rings is 1. The molecule has 0 bridgehead atoms. The van der Waals surface area contributed by atoms with Crippen molar-refractivity contribution in [1.82, 2.24) is 14.4 Å². The van der Waals surface area contributed by atoms with Crippen molar-refractivity contribution in [2.24, 2.45) is 0 Å². The van der Waals surface area contributed by atoms with Gasteiger partial charge in [-0.1, -0.05) is 12.1 Å². The average molecular weight is 341 g/mol. The van der Waals surface area contributed by atoms with Gasteiger partial charge in [-0.2, -0.15) is 0 Å². The van der Waals surface area contributed by atoms with Crippen LogP contribution in [0.2, 0.25) is 0 Å². The van der Waals surface area contributed by atoms with Gasteiger partial charge in [0.15, 0.2) is 0 Å². The van der Waals surface area contributed by atoms with Gasteiger partial charge in [0.1, 0.15) is 0 Å². The number of β-amino-alcohol motifs (C(OH)–C–C–N with tert-alkyl or cyclic N) is 1. The third-order valence-corrected chi connectivity index (χ3v) is 4.50. The summed E-state index contributed by atoms with van der Waals surface area (Å²) in [6.45, 7) is 8.13. The number of piperazine rings is 1. The summed E-state index contributed by atoms with van der Waals surface area (Å²) in [6.07, 6.45) is 4.07. The van der Waals surface area contributed by atoms with Crippen LogP contribution in [0.15, 0.2) is 48.8 Å². The molecule has 1 amide bonds. The standard InChI is InChI=1S/C20H27N3O2/c1-20(2,25)16-22-11-13-23(14-12-22)19(24)18-7-5-17(6-8-18)15-21-9-3-4-10-21/h3-10,25H,11-16H2,1-2H3. The van der Waals surface area contributed by atoms with Crippen molar-refractivity contribution < 1.29 is 9.90 Å². The number of aliphatic hydroxyl groups is 1. The summed E-state index contributed by atoms with van der Waals surface area (Å²) in [5.74, 6) is 0.0930. The number of hydrogen-bond acceptors (Lipinski definition) is 3. The van der Waals surface area contributed by atoms with Crippen LogP contribution in [-0.2, 0) is 6.54 Å². The molecule has 5 heteroatoms. The molecule has 1 fully saturated rings. The van der Waals surface area contributed by atoms with Gasteiger partial charge in [-0.3, -0.25) is 9.69 Å². The van der Waals surface area contributed by atoms with E-state index in [1.807, 2.05) is 67.5 Å². The molecule has 1 saturated heterocycles. The van der Waals surface area contributed by atoms with Gasteiger partial charge in [0, 0.05) is 57.2 Å². The minimum atomic E-state index is -0.693. The Labute approximate surface area is 149 Å². The molecule has 0 saturated carbocycles. The number of hydrogen-bond donors (Lipinski definition) is 1. The summed E-state index contributed by atoms with van der Waals surface area (Å²) in [5.41, 5.74) is 1.23. The highest BCUT2D eigenvalue weighted by Crippen LogP contribution is 2.13. The molecule has 2 aromatic rings. The van der Waals surface area contributed by atoms with Crippen LogP contribution in [0.1, 0.15) is 29.8 Å². The first kappa shape index (κ1) is 17.7. The Morgan fingerprint density at radius 3 is 2.20 bits per heavy atom. The maximum absolute atomic E-state index is 12.7. The predicted molar refractivity (Wildman–Crippen MR) is 98.6 cm³/mol. The largest absolute Gasteiger partial charge is 0.389 e. The van der Waals surface area contributed by atoms with Crippen LogP contribution in [-0.4, -0.2) is 63.7 Å². The van der Waals surface area contributed by atoms with E-state index in [2.05, 4.69) is 9.47 Å². The summed E-state index contributed by atoms with van der Waals surface area (Å²) < 4.78 is 2.11. The first-order valence-corrected chi connectivity index (χ1v) is 8.84. The lowest BCUT2D eigenvalue weighted by Gasteiger charge is -2.37. The summed E-state index contributed by atoms with van der Waals surface area (Å²) in [4.78, 5) is 16.8. The van der Waals surface area contributed by atoms with E-state index in [-0.39, 0.29) is 5.91 Å². The molecule has 1 N–H and O–H groups in total. The Balaban J connectivity index is 1.55. The van der Waals surface area contributed by atoms with E-state index in [0.717, 1.165) is 25.2 Å². The van der Waals surface area contributed by atoms with E-state index >= 15 is 0 Å². The van der Waals surface area contributed by atoms with Gasteiger partial charge in [0.05, 0.1) is 5.60 Å². The molecule has 2 heterocycles. The SMILES string of the molecule is CC(C)(O)CN1CCN(C(=O)c2ccc(Cn3cccc3)cc2)CC1. The monoisotopic (exact) mass is 341 g/mol. The average Bonchev–Trinajstić information content (AvgIpc) is 3.07. The van der Waals surface area contributed by atoms with Crippen molar-refractivity contribution in [3.05, 3.63) is 59.9 Å². The van der Waals surface area contributed by atoms with Crippen molar-refractivity contribution in [3.8, 4) is 0 Å². The zero-order valence-electron chi connectivity index (χ0n) is 15.1. The van der Waals surface area contributed by atoms with Crippen LogP contribution in [0.5, 0.6) is 0 Å². The van der Waals surface area contributed by atoms with Crippen molar-refractivity contribution in [2.75, 3.05) is 32.7 Å². The first-order valence-electron chi connectivity index (χ1n) is 8.84. The Kier molecular flexibility index (Phi) is 5.25. The number of aromatic nitrogens is 1. The van der Waals surface area contributed by atoms with E-state index < -0.39 is 5.60 Å². The minimum absolute atomic E-state index is 0.0930. The van der Waals surface area contributed by atoms with Gasteiger partial charge in [0.25, 0.3) is 5.91 Å². The third-order valence-electron chi connectivity index (χ3n) is 4.50. The maximum atomic E-state index is 12.7. The van der Waals surface area contributed by atoms with Crippen LogP contribution in [0, 0.1) is 0 Å². The molecule has 134 valence electrons. The van der Waals surface area contributed by atoms with E-state index in [1.54, 1.807) is 0 Å². The molecule has 25 heavy (non-hydrogen) atoms. The van der Waals surface area contributed by atoms with Gasteiger partial charge < -0.3 is 14.6 Å². The lowest BCUT2D eigenvalue weighted by molar-refractivity contribution is 0.0178. The van der Waals surface area contributed by atoms with E-state index in [1.165, 1.54) is 5.56 Å². The summed E-state index contributed by atoms with van der Waals surface area (Å²) in [5, 5.41) is 9.92. The highest BCUT2D eigenvalue weighted by atomic mass is 16.3. The number of carbonyl (C=O) groups excluding carboxylic acids is 1. The number of amides is 1. The molecule has 5 nitrogen and oxygen atoms in total. The van der Waals surface area contributed by atoms with E-state index in [4.69, 9.17) is 0 Å². The number of rotatable bonds is 5. The van der Waals surface area contributed by atoms with E-state index in [9.17, 15) is 9.90 Å². The van der Waals surface area contributed by atoms with Gasteiger partial charge >= 0.3 is 0 Å². The fraction of sp³-hybridized carbons (Fsp3) is 0.450. The summed E-state index contributed by atoms with van der Waals surface area (Å²) in [6, 6.07) is 11.9. The van der Waals surface area contributed by atoms with Gasteiger partial charge in [-0.25, -0.2) is 0 Å². The molecule has 0 aliphatic carbocycles. The fourth-order valence-corrected chi connectivity index (χ4v) is 3.28. The summed E-state index contributed by atoms with van der Waals surface area (Å²) in [7, 11) is 0. The van der Waals surface area contributed by atoms with Crippen molar-refractivity contribution >= 4 is 5.91 Å². The quantitative estimate of drug-likeness (QED) is 0.906. The Morgan fingerprint density at radius 1 is 1.04 bits per heavy atom. The highest BCUT2D eigenvalue weighted by molar-refractivity contribution is 5.94. The van der Waals surface area contributed by atoms with Gasteiger partial charge in [0.2, 0.25) is 0 Å². The molecule has 0 radical (unpaired) electrons. The summed E-state index contributed by atoms with van der Waals surface area (Å²) >= 11 is 0. The first-order chi connectivity index (χ1) is 11.9. The molecular weight excluding hydrogens is 314 g/mol. The second-order valence-corrected chi connectivity index (χ2v) is 7.43. The minimum Gasteiger partial charge on any atom is -0.389 e. The molecule has 0 atom stereocenters. The smallest absolute Gasteiger partial charge is 0.253 e. The molecule has 0 unspecified atom stereocenters. The van der Waals surface area contributed by atoms with Crippen LogP contribution >= 0.6 is 0 Å². The second-order valence-electron chi connectivity index (χ2n) is 7.43. The van der Waals surface area contributed by atoms with Crippen LogP contribution in [0.3, 0.4) is 0 Å². The fourth-order valence-electron chi connectivity index (χ4n) is 3.28. The zero-order valence-corrected chi connectivity index (χ0v) is 15.1. The number of nitrogens with zero attached hydrogens (tertiary/aromatic N) is 3. The Morgan fingerprint density at radius 2 is 1.64 bits per heavy atom. The molecule has 1 aliphatic heterocycles. The lowest BCUT2D eigenvalue weighted by Crippen LogP contribution is -2.51. The van der Waals surface area contributed by atoms with Crippen LogP contribution in [0.25, 0.3) is 0 Å². The predicted octanol–water partition coefficient (Wildman–Crippen LogP) is 2.07. The second kappa shape index (κ2) is 7.42. The lowest BCUT2D eigenvalue weighted by atomic mass is 10.1. The van der Waals surface area contributed by atoms with Gasteiger partial charge in [-0.05, 0) is 43.7 Å². The molecule has 3 rings (SSSR count). The van der Waals surface area contributed by atoms with Crippen LogP contribution in [0.4, 0.5) is 0 Å². The molecule has 1 aromatic heterocycles. The zero-order chi connectivity index (χ0) is 17.9. The van der Waals surface area contributed by atoms with E-state index in [0.29, 0.717) is 19.6 Å². The normalized spacial score (nSPS) is 16.2. The van der Waals surface area contributed by atoms with Gasteiger partial charge in [-0.15, -0.1) is 0 Å². The molecule has 0 spiro atoms. The Hall–Kier alpha value is -2.11. The molecule has 1 aromatic carbocycles. The third kappa shape index (κ3) is 4.94.